The second-order valence-electron chi connectivity index (χ2n) is 2.62. The van der Waals surface area contributed by atoms with Crippen molar-refractivity contribution >= 4 is 5.97 Å². The molecule has 0 aromatic rings. The number of hydrogen-bond donors (Lipinski definition) is 1. The maximum atomic E-state index is 10.9. The fourth-order valence-electron chi connectivity index (χ4n) is 0.948. The van der Waals surface area contributed by atoms with E-state index in [0.717, 1.165) is 6.42 Å². The van der Waals surface area contributed by atoms with Gasteiger partial charge >= 0.3 is 5.97 Å². The van der Waals surface area contributed by atoms with E-state index in [0.29, 0.717) is 12.8 Å². The molecule has 60 valence electrons. The number of nitriles is 1. The number of carbonyl (C=O) groups is 1. The molecule has 0 saturated heterocycles. The van der Waals surface area contributed by atoms with Crippen molar-refractivity contribution in [1.29, 1.82) is 5.26 Å². The van der Waals surface area contributed by atoms with Gasteiger partial charge in [0, 0.05) is 0 Å². The van der Waals surface area contributed by atoms with Gasteiger partial charge in [-0.25, -0.2) is 4.79 Å². The van der Waals surface area contributed by atoms with Crippen LogP contribution in [-0.4, -0.2) is 23.3 Å². The van der Waals surface area contributed by atoms with Gasteiger partial charge < -0.3 is 9.84 Å². The predicted molar refractivity (Wildman–Crippen MR) is 35.4 cm³/mol. The van der Waals surface area contributed by atoms with E-state index in [9.17, 15) is 9.90 Å². The quantitative estimate of drug-likeness (QED) is 0.568. The zero-order valence-corrected chi connectivity index (χ0v) is 6.04. The summed E-state index contributed by atoms with van der Waals surface area (Å²) < 4.78 is 4.45. The highest BCUT2D eigenvalue weighted by Crippen LogP contribution is 2.32. The Labute approximate surface area is 64.4 Å². The third kappa shape index (κ3) is 1.49. The molecule has 1 aliphatic rings. The van der Waals surface area contributed by atoms with E-state index >= 15 is 0 Å². The number of aliphatic hydroxyl groups is 1. The van der Waals surface area contributed by atoms with Crippen LogP contribution in [-0.2, 0) is 9.53 Å². The van der Waals surface area contributed by atoms with E-state index in [1.165, 1.54) is 0 Å². The number of rotatable bonds is 2. The van der Waals surface area contributed by atoms with Gasteiger partial charge in [0.2, 0.25) is 0 Å². The summed E-state index contributed by atoms with van der Waals surface area (Å²) in [5.41, 5.74) is -1.28. The molecule has 0 aromatic carbocycles. The average Bonchev–Trinajstić information content (AvgIpc) is 1.95. The Morgan fingerprint density at radius 3 is 2.73 bits per heavy atom. The Morgan fingerprint density at radius 1 is 1.73 bits per heavy atom. The van der Waals surface area contributed by atoms with Crippen molar-refractivity contribution in [3.8, 4) is 6.07 Å². The van der Waals surface area contributed by atoms with Crippen LogP contribution in [0.3, 0.4) is 0 Å². The second-order valence-corrected chi connectivity index (χ2v) is 2.62. The molecule has 0 radical (unpaired) electrons. The van der Waals surface area contributed by atoms with Gasteiger partial charge in [-0.05, 0) is 19.3 Å². The summed E-state index contributed by atoms with van der Waals surface area (Å²) in [5, 5.41) is 17.4. The highest BCUT2D eigenvalue weighted by atomic mass is 16.5. The first-order valence-corrected chi connectivity index (χ1v) is 3.45. The summed E-state index contributed by atoms with van der Waals surface area (Å²) in [7, 11) is 0. The largest absolute Gasteiger partial charge is 0.448 e. The molecule has 0 spiro atoms. The maximum Gasteiger partial charge on any atom is 0.339 e. The van der Waals surface area contributed by atoms with Crippen LogP contribution in [0.4, 0.5) is 0 Å². The minimum atomic E-state index is -1.28. The van der Waals surface area contributed by atoms with Gasteiger partial charge in [0.1, 0.15) is 6.07 Å². The van der Waals surface area contributed by atoms with Gasteiger partial charge in [0.25, 0.3) is 0 Å². The van der Waals surface area contributed by atoms with Gasteiger partial charge in [-0.15, -0.1) is 0 Å². The van der Waals surface area contributed by atoms with Gasteiger partial charge in [0.15, 0.2) is 12.2 Å². The average molecular weight is 155 g/mol. The van der Waals surface area contributed by atoms with Crippen molar-refractivity contribution in [2.75, 3.05) is 6.61 Å². The SMILES string of the molecule is N#CCOC(=O)C1(O)CCC1. The Hall–Kier alpha value is -1.08. The number of ether oxygens (including phenoxy) is 1. The summed E-state index contributed by atoms with van der Waals surface area (Å²) in [6.07, 6.45) is 1.76. The molecule has 4 heteroatoms. The van der Waals surface area contributed by atoms with E-state index in [-0.39, 0.29) is 6.61 Å². The maximum absolute atomic E-state index is 10.9. The number of esters is 1. The van der Waals surface area contributed by atoms with Gasteiger partial charge in [-0.1, -0.05) is 0 Å². The van der Waals surface area contributed by atoms with Crippen LogP contribution >= 0.6 is 0 Å². The van der Waals surface area contributed by atoms with E-state index in [1.54, 1.807) is 6.07 Å². The van der Waals surface area contributed by atoms with Crippen LogP contribution in [0.1, 0.15) is 19.3 Å². The lowest BCUT2D eigenvalue weighted by Gasteiger charge is -2.33. The first-order chi connectivity index (χ1) is 5.19. The summed E-state index contributed by atoms with van der Waals surface area (Å²) in [6, 6.07) is 1.66. The van der Waals surface area contributed by atoms with Crippen LogP contribution in [0.2, 0.25) is 0 Å². The molecule has 0 aliphatic heterocycles. The standard InChI is InChI=1S/C7H9NO3/c8-4-5-11-6(9)7(10)2-1-3-7/h10H,1-3,5H2. The highest BCUT2D eigenvalue weighted by molar-refractivity contribution is 5.80. The molecule has 0 amide bonds. The third-order valence-corrected chi connectivity index (χ3v) is 1.83. The number of carbonyl (C=O) groups excluding carboxylic acids is 1. The highest BCUT2D eigenvalue weighted by Gasteiger charge is 2.43. The van der Waals surface area contributed by atoms with Gasteiger partial charge in [0.05, 0.1) is 0 Å². The Morgan fingerprint density at radius 2 is 2.36 bits per heavy atom. The van der Waals surface area contributed by atoms with Crippen molar-refractivity contribution in [3.05, 3.63) is 0 Å². The molecule has 0 bridgehead atoms. The monoisotopic (exact) mass is 155 g/mol. The molecule has 1 fully saturated rings. The summed E-state index contributed by atoms with van der Waals surface area (Å²) >= 11 is 0. The molecule has 1 saturated carbocycles. The lowest BCUT2D eigenvalue weighted by Crippen LogP contribution is -2.46. The number of hydrogen-bond acceptors (Lipinski definition) is 4. The van der Waals surface area contributed by atoms with Crippen molar-refractivity contribution < 1.29 is 14.6 Å². The van der Waals surface area contributed by atoms with Crippen molar-refractivity contribution in [3.63, 3.8) is 0 Å². The fraction of sp³-hybridized carbons (Fsp3) is 0.714. The first-order valence-electron chi connectivity index (χ1n) is 3.45. The van der Waals surface area contributed by atoms with Crippen molar-refractivity contribution in [2.24, 2.45) is 0 Å². The van der Waals surface area contributed by atoms with Gasteiger partial charge in [-0.2, -0.15) is 5.26 Å². The molecule has 1 rings (SSSR count). The summed E-state index contributed by atoms with van der Waals surface area (Å²) in [4.78, 5) is 10.9. The Bertz CT molecular complexity index is 202. The topological polar surface area (TPSA) is 70.3 Å². The normalized spacial score (nSPS) is 19.6. The molecule has 0 unspecified atom stereocenters. The van der Waals surface area contributed by atoms with Crippen molar-refractivity contribution in [1.82, 2.24) is 0 Å². The summed E-state index contributed by atoms with van der Waals surface area (Å²) in [6.45, 7) is -0.277. The first kappa shape index (κ1) is 8.02. The molecule has 0 aromatic heterocycles. The lowest BCUT2D eigenvalue weighted by molar-refractivity contribution is -0.173. The van der Waals surface area contributed by atoms with Crippen LogP contribution in [0, 0.1) is 11.3 Å². The van der Waals surface area contributed by atoms with Crippen molar-refractivity contribution in [2.45, 2.75) is 24.9 Å². The zero-order valence-electron chi connectivity index (χ0n) is 6.04. The Balaban J connectivity index is 2.36. The molecule has 0 heterocycles. The minimum Gasteiger partial charge on any atom is -0.448 e. The summed E-state index contributed by atoms with van der Waals surface area (Å²) in [5.74, 6) is -0.662. The predicted octanol–water partition coefficient (Wildman–Crippen LogP) is -0.0318. The minimum absolute atomic E-state index is 0.277. The third-order valence-electron chi connectivity index (χ3n) is 1.83. The molecular weight excluding hydrogens is 146 g/mol. The smallest absolute Gasteiger partial charge is 0.339 e. The van der Waals surface area contributed by atoms with Crippen LogP contribution in [0.25, 0.3) is 0 Å². The van der Waals surface area contributed by atoms with Crippen LogP contribution < -0.4 is 0 Å². The lowest BCUT2D eigenvalue weighted by atomic mass is 9.80. The number of nitrogens with zero attached hydrogens (tertiary/aromatic N) is 1. The molecular formula is C7H9NO3. The van der Waals surface area contributed by atoms with Crippen LogP contribution in [0.15, 0.2) is 0 Å². The zero-order chi connectivity index (χ0) is 8.32. The molecule has 11 heavy (non-hydrogen) atoms. The molecule has 0 atom stereocenters. The molecule has 1 N–H and O–H groups in total. The van der Waals surface area contributed by atoms with E-state index in [1.807, 2.05) is 0 Å². The van der Waals surface area contributed by atoms with Crippen LogP contribution in [0.5, 0.6) is 0 Å². The molecule has 1 aliphatic carbocycles. The van der Waals surface area contributed by atoms with E-state index in [2.05, 4.69) is 4.74 Å². The molecule has 4 nitrogen and oxygen atoms in total. The second kappa shape index (κ2) is 2.89. The van der Waals surface area contributed by atoms with E-state index < -0.39 is 11.6 Å². The Kier molecular flexibility index (Phi) is 2.11. The fourth-order valence-corrected chi connectivity index (χ4v) is 0.948. The van der Waals surface area contributed by atoms with E-state index in [4.69, 9.17) is 5.26 Å². The van der Waals surface area contributed by atoms with Gasteiger partial charge in [-0.3, -0.25) is 0 Å².